The first kappa shape index (κ1) is 89.1. The Morgan fingerprint density at radius 3 is 0.780 bits per heavy atom. The number of carbonyl (C=O) groups is 4. The molecule has 19 heteroatoms. The van der Waals surface area contributed by atoms with Gasteiger partial charge in [-0.25, -0.2) is 9.13 Å². The van der Waals surface area contributed by atoms with Crippen LogP contribution in [0.3, 0.4) is 0 Å². The number of ether oxygens (including phenoxy) is 4. The van der Waals surface area contributed by atoms with Gasteiger partial charge in [-0.05, 0) is 49.4 Å². The van der Waals surface area contributed by atoms with Crippen molar-refractivity contribution in [2.75, 3.05) is 39.6 Å². The number of carbonyl (C=O) groups excluding carboxylic acids is 4. The fourth-order valence-electron chi connectivity index (χ4n) is 10.8. The number of aliphatic hydroxyl groups excluding tert-OH is 1. The van der Waals surface area contributed by atoms with Crippen LogP contribution in [-0.4, -0.2) is 96.7 Å². The molecule has 0 aliphatic carbocycles. The Morgan fingerprint density at radius 1 is 0.308 bits per heavy atom. The first-order chi connectivity index (χ1) is 43.7. The fourth-order valence-corrected chi connectivity index (χ4v) is 12.4. The van der Waals surface area contributed by atoms with E-state index < -0.39 is 97.5 Å². The third-order valence-electron chi connectivity index (χ3n) is 17.3. The summed E-state index contributed by atoms with van der Waals surface area (Å²) in [5.74, 6) is 0.836. The second-order valence-corrected chi connectivity index (χ2v) is 30.3. The maximum atomic E-state index is 13.0. The second kappa shape index (κ2) is 61.6. The van der Waals surface area contributed by atoms with Crippen LogP contribution in [0, 0.1) is 23.7 Å². The molecule has 7 atom stereocenters. The van der Waals surface area contributed by atoms with E-state index >= 15 is 0 Å². The summed E-state index contributed by atoms with van der Waals surface area (Å²) in [7, 11) is -9.90. The molecule has 91 heavy (non-hydrogen) atoms. The molecule has 0 aromatic heterocycles. The Kier molecular flexibility index (Phi) is 60.3. The summed E-state index contributed by atoms with van der Waals surface area (Å²) in [6.07, 6.45) is 44.8. The summed E-state index contributed by atoms with van der Waals surface area (Å²) in [5, 5.41) is 10.6. The highest BCUT2D eigenvalue weighted by Crippen LogP contribution is 2.45. The van der Waals surface area contributed by atoms with Crippen LogP contribution >= 0.6 is 15.6 Å². The number of phosphoric ester groups is 2. The zero-order chi connectivity index (χ0) is 67.5. The average molecular weight is 1340 g/mol. The molecule has 0 amide bonds. The van der Waals surface area contributed by atoms with E-state index in [4.69, 9.17) is 37.0 Å². The second-order valence-electron chi connectivity index (χ2n) is 27.4. The van der Waals surface area contributed by atoms with Gasteiger partial charge in [0.1, 0.15) is 19.3 Å². The van der Waals surface area contributed by atoms with E-state index in [0.717, 1.165) is 114 Å². The quantitative estimate of drug-likeness (QED) is 0.0222. The van der Waals surface area contributed by atoms with E-state index in [0.29, 0.717) is 31.6 Å². The molecule has 0 aliphatic heterocycles. The van der Waals surface area contributed by atoms with Crippen LogP contribution in [-0.2, 0) is 65.4 Å². The summed E-state index contributed by atoms with van der Waals surface area (Å²) >= 11 is 0. The van der Waals surface area contributed by atoms with E-state index in [1.54, 1.807) is 0 Å². The lowest BCUT2D eigenvalue weighted by Gasteiger charge is -2.21. The summed E-state index contributed by atoms with van der Waals surface area (Å²) in [5.41, 5.74) is 0. The Bertz CT molecular complexity index is 1800. The molecule has 3 N–H and O–H groups in total. The Hall–Kier alpha value is -1.94. The number of esters is 4. The van der Waals surface area contributed by atoms with E-state index in [1.807, 2.05) is 0 Å². The molecule has 0 spiro atoms. The molecule has 540 valence electrons. The highest BCUT2D eigenvalue weighted by molar-refractivity contribution is 7.47. The van der Waals surface area contributed by atoms with Gasteiger partial charge in [-0.2, -0.15) is 0 Å². The minimum absolute atomic E-state index is 0.102. The van der Waals surface area contributed by atoms with Crippen molar-refractivity contribution in [1.29, 1.82) is 0 Å². The van der Waals surface area contributed by atoms with Crippen LogP contribution in [0.5, 0.6) is 0 Å². The fraction of sp³-hybridized carbons (Fsp3) is 0.944. The van der Waals surface area contributed by atoms with Gasteiger partial charge in [0.25, 0.3) is 0 Å². The number of hydrogen-bond acceptors (Lipinski definition) is 15. The third kappa shape index (κ3) is 63.9. The molecule has 0 radical (unpaired) electrons. The van der Waals surface area contributed by atoms with Crippen molar-refractivity contribution in [3.63, 3.8) is 0 Å². The van der Waals surface area contributed by atoms with Crippen LogP contribution in [0.15, 0.2) is 0 Å². The van der Waals surface area contributed by atoms with Crippen LogP contribution in [0.25, 0.3) is 0 Å². The number of hydrogen-bond donors (Lipinski definition) is 3. The number of aliphatic hydroxyl groups is 1. The van der Waals surface area contributed by atoms with Gasteiger partial charge in [0, 0.05) is 25.7 Å². The summed E-state index contributed by atoms with van der Waals surface area (Å²) in [6, 6.07) is 0. The highest BCUT2D eigenvalue weighted by atomic mass is 31.2. The maximum Gasteiger partial charge on any atom is 0.472 e. The van der Waals surface area contributed by atoms with Crippen LogP contribution in [0.1, 0.15) is 357 Å². The van der Waals surface area contributed by atoms with Gasteiger partial charge in [0.2, 0.25) is 0 Å². The predicted octanol–water partition coefficient (Wildman–Crippen LogP) is 20.5. The van der Waals surface area contributed by atoms with Crippen molar-refractivity contribution in [1.82, 2.24) is 0 Å². The van der Waals surface area contributed by atoms with E-state index in [1.165, 1.54) is 154 Å². The van der Waals surface area contributed by atoms with Crippen LogP contribution < -0.4 is 0 Å². The van der Waals surface area contributed by atoms with Crippen molar-refractivity contribution in [2.24, 2.45) is 23.7 Å². The molecule has 0 heterocycles. The normalized spacial score (nSPS) is 14.8. The predicted molar refractivity (Wildman–Crippen MR) is 367 cm³/mol. The zero-order valence-electron chi connectivity index (χ0n) is 59.5. The summed E-state index contributed by atoms with van der Waals surface area (Å²) in [4.78, 5) is 72.5. The van der Waals surface area contributed by atoms with Gasteiger partial charge >= 0.3 is 39.5 Å². The SMILES string of the molecule is CCC(C)CCCCCCCCC(=O)OC[C@H](COP(=O)(O)OC[C@H](O)COP(=O)(O)OC[C@@H](COC(=O)CCCCCCCCCCCCCCCCCCCCC(C)C)OC(=O)CCCCCCCCC(C)CC)OC(=O)CCCCCCCCCC(C)C. The number of rotatable bonds is 69. The minimum Gasteiger partial charge on any atom is -0.462 e. The van der Waals surface area contributed by atoms with Crippen LogP contribution in [0.2, 0.25) is 0 Å². The minimum atomic E-state index is -4.95. The summed E-state index contributed by atoms with van der Waals surface area (Å²) < 4.78 is 68.2. The number of phosphoric acid groups is 2. The molecule has 0 saturated heterocycles. The molecular formula is C72H140O17P2. The van der Waals surface area contributed by atoms with Gasteiger partial charge in [0.05, 0.1) is 26.4 Å². The standard InChI is InChI=1S/C72H140O17P2/c1-9-64(7)50-42-34-28-30-37-45-53-70(75)83-59-67(88-71(76)54-46-38-27-23-25-33-41-49-63(5)6)60-86-90(78,79)84-56-66(73)57-85-91(80,81)87-61-68(89-72(77)55-47-39-31-29-35-43-51-65(8)10-2)58-82-69(74)52-44-36-26-22-20-18-16-14-12-11-13-15-17-19-21-24-32-40-48-62(3)4/h62-68,73H,9-61H2,1-8H3,(H,78,79)(H,80,81)/t64?,65?,66-,67+,68+/m0/s1. The monoisotopic (exact) mass is 1340 g/mol. The lowest BCUT2D eigenvalue weighted by Crippen LogP contribution is -2.30. The highest BCUT2D eigenvalue weighted by Gasteiger charge is 2.30. The molecule has 0 aliphatic rings. The summed E-state index contributed by atoms with van der Waals surface area (Å²) in [6.45, 7) is 14.0. The molecule has 17 nitrogen and oxygen atoms in total. The molecule has 0 saturated carbocycles. The lowest BCUT2D eigenvalue weighted by molar-refractivity contribution is -0.161. The zero-order valence-corrected chi connectivity index (χ0v) is 61.3. The maximum absolute atomic E-state index is 13.0. The molecule has 0 aromatic carbocycles. The molecular weight excluding hydrogens is 1200 g/mol. The van der Waals surface area contributed by atoms with Gasteiger partial charge in [-0.15, -0.1) is 0 Å². The van der Waals surface area contributed by atoms with E-state index in [9.17, 15) is 43.2 Å². The smallest absolute Gasteiger partial charge is 0.462 e. The average Bonchev–Trinajstić information content (AvgIpc) is 3.30. The Balaban J connectivity index is 5.13. The third-order valence-corrected chi connectivity index (χ3v) is 19.2. The Labute approximate surface area is 556 Å². The Morgan fingerprint density at radius 2 is 0.527 bits per heavy atom. The van der Waals surface area contributed by atoms with Gasteiger partial charge < -0.3 is 33.8 Å². The van der Waals surface area contributed by atoms with Crippen LogP contribution in [0.4, 0.5) is 0 Å². The molecule has 0 bridgehead atoms. The van der Waals surface area contributed by atoms with Gasteiger partial charge in [0.15, 0.2) is 12.2 Å². The number of unbranched alkanes of at least 4 members (excludes halogenated alkanes) is 33. The molecule has 0 rings (SSSR count). The van der Waals surface area contributed by atoms with E-state index in [-0.39, 0.29) is 25.7 Å². The molecule has 0 aromatic rings. The lowest BCUT2D eigenvalue weighted by atomic mass is 10.00. The van der Waals surface area contributed by atoms with E-state index in [2.05, 4.69) is 55.4 Å². The topological polar surface area (TPSA) is 237 Å². The molecule has 0 fully saturated rings. The van der Waals surface area contributed by atoms with Gasteiger partial charge in [-0.1, -0.05) is 306 Å². The van der Waals surface area contributed by atoms with Crippen molar-refractivity contribution in [3.8, 4) is 0 Å². The first-order valence-corrected chi connectivity index (χ1v) is 40.3. The van der Waals surface area contributed by atoms with Crippen molar-refractivity contribution in [2.45, 2.75) is 375 Å². The van der Waals surface area contributed by atoms with Gasteiger partial charge in [-0.3, -0.25) is 37.3 Å². The largest absolute Gasteiger partial charge is 0.472 e. The van der Waals surface area contributed by atoms with Crippen molar-refractivity contribution in [3.05, 3.63) is 0 Å². The first-order valence-electron chi connectivity index (χ1n) is 37.3. The molecule has 4 unspecified atom stereocenters. The van der Waals surface area contributed by atoms with Crippen molar-refractivity contribution >= 4 is 39.5 Å². The van der Waals surface area contributed by atoms with Crippen molar-refractivity contribution < 1.29 is 80.2 Å².